The van der Waals surface area contributed by atoms with Crippen molar-refractivity contribution in [3.05, 3.63) is 83.3 Å². The SMILES string of the molecule is Fc1cccc(Cl)c1CSc1nnc(-c2ccco2)n1-c1ccccc1. The Balaban J connectivity index is 1.73. The van der Waals surface area contributed by atoms with Gasteiger partial charge in [0.25, 0.3) is 0 Å². The molecular weight excluding hydrogens is 373 g/mol. The van der Waals surface area contributed by atoms with E-state index in [1.54, 1.807) is 24.5 Å². The Morgan fingerprint density at radius 3 is 2.58 bits per heavy atom. The largest absolute Gasteiger partial charge is 0.461 e. The quantitative estimate of drug-likeness (QED) is 0.419. The molecule has 130 valence electrons. The van der Waals surface area contributed by atoms with Gasteiger partial charge in [-0.1, -0.05) is 47.6 Å². The van der Waals surface area contributed by atoms with E-state index in [9.17, 15) is 4.39 Å². The van der Waals surface area contributed by atoms with Crippen LogP contribution in [0.15, 0.2) is 76.5 Å². The average molecular weight is 386 g/mol. The van der Waals surface area contributed by atoms with Crippen LogP contribution in [0.25, 0.3) is 17.3 Å². The fourth-order valence-electron chi connectivity index (χ4n) is 2.55. The fraction of sp³-hybridized carbons (Fsp3) is 0.0526. The van der Waals surface area contributed by atoms with Crippen molar-refractivity contribution in [2.24, 2.45) is 0 Å². The van der Waals surface area contributed by atoms with Crippen molar-refractivity contribution in [3.8, 4) is 17.3 Å². The van der Waals surface area contributed by atoms with E-state index in [1.807, 2.05) is 41.0 Å². The molecule has 0 N–H and O–H groups in total. The number of hydrogen-bond acceptors (Lipinski definition) is 4. The van der Waals surface area contributed by atoms with E-state index >= 15 is 0 Å². The van der Waals surface area contributed by atoms with Gasteiger partial charge in [0.15, 0.2) is 10.9 Å². The first-order valence-corrected chi connectivity index (χ1v) is 9.21. The molecule has 0 amide bonds. The maximum Gasteiger partial charge on any atom is 0.205 e. The van der Waals surface area contributed by atoms with E-state index < -0.39 is 0 Å². The van der Waals surface area contributed by atoms with Gasteiger partial charge in [-0.25, -0.2) is 4.39 Å². The van der Waals surface area contributed by atoms with Crippen LogP contribution in [0.4, 0.5) is 4.39 Å². The van der Waals surface area contributed by atoms with E-state index in [0.717, 1.165) is 5.69 Å². The van der Waals surface area contributed by atoms with Gasteiger partial charge in [0.05, 0.1) is 6.26 Å². The molecule has 0 saturated heterocycles. The van der Waals surface area contributed by atoms with Gasteiger partial charge in [0.2, 0.25) is 5.82 Å². The highest BCUT2D eigenvalue weighted by molar-refractivity contribution is 7.98. The van der Waals surface area contributed by atoms with Crippen LogP contribution < -0.4 is 0 Å². The molecule has 0 aliphatic heterocycles. The van der Waals surface area contributed by atoms with Gasteiger partial charge < -0.3 is 4.42 Å². The van der Waals surface area contributed by atoms with Crippen LogP contribution in [0.3, 0.4) is 0 Å². The van der Waals surface area contributed by atoms with Gasteiger partial charge in [-0.3, -0.25) is 4.57 Å². The van der Waals surface area contributed by atoms with E-state index in [-0.39, 0.29) is 5.82 Å². The van der Waals surface area contributed by atoms with Crippen molar-refractivity contribution in [2.75, 3.05) is 0 Å². The van der Waals surface area contributed by atoms with E-state index in [1.165, 1.54) is 17.8 Å². The second-order valence-electron chi connectivity index (χ2n) is 5.44. The van der Waals surface area contributed by atoms with E-state index in [2.05, 4.69) is 10.2 Å². The van der Waals surface area contributed by atoms with Gasteiger partial charge in [-0.15, -0.1) is 10.2 Å². The number of hydrogen-bond donors (Lipinski definition) is 0. The Labute approximate surface area is 158 Å². The molecule has 4 nitrogen and oxygen atoms in total. The Hall–Kier alpha value is -2.57. The summed E-state index contributed by atoms with van der Waals surface area (Å²) in [7, 11) is 0. The number of nitrogens with zero attached hydrogens (tertiary/aromatic N) is 3. The molecule has 4 aromatic rings. The third-order valence-corrected chi connectivity index (χ3v) is 5.11. The molecule has 2 aromatic heterocycles. The first-order valence-electron chi connectivity index (χ1n) is 7.84. The molecule has 0 spiro atoms. The minimum absolute atomic E-state index is 0.331. The zero-order chi connectivity index (χ0) is 17.9. The maximum absolute atomic E-state index is 14.0. The molecule has 0 unspecified atom stereocenters. The zero-order valence-electron chi connectivity index (χ0n) is 13.5. The van der Waals surface area contributed by atoms with Crippen molar-refractivity contribution < 1.29 is 8.81 Å². The maximum atomic E-state index is 14.0. The number of furan rings is 1. The van der Waals surface area contributed by atoms with Gasteiger partial charge in [-0.05, 0) is 36.4 Å². The minimum atomic E-state index is -0.331. The highest BCUT2D eigenvalue weighted by Gasteiger charge is 2.19. The Kier molecular flexibility index (Phi) is 4.77. The van der Waals surface area contributed by atoms with Crippen LogP contribution in [0.2, 0.25) is 5.02 Å². The third-order valence-electron chi connectivity index (χ3n) is 3.80. The summed E-state index contributed by atoms with van der Waals surface area (Å²) >= 11 is 7.49. The standard InChI is InChI=1S/C19H13ClFN3OS/c20-15-8-4-9-16(21)14(15)12-26-19-23-22-18(17-10-5-11-25-17)24(19)13-6-2-1-3-7-13/h1-11H,12H2. The second kappa shape index (κ2) is 7.35. The van der Waals surface area contributed by atoms with Crippen molar-refractivity contribution in [1.29, 1.82) is 0 Å². The summed E-state index contributed by atoms with van der Waals surface area (Å²) in [5, 5.41) is 9.56. The summed E-state index contributed by atoms with van der Waals surface area (Å²) in [6.07, 6.45) is 1.59. The summed E-state index contributed by atoms with van der Waals surface area (Å²) in [4.78, 5) is 0. The molecule has 0 saturated carbocycles. The van der Waals surface area contributed by atoms with Crippen molar-refractivity contribution in [3.63, 3.8) is 0 Å². The molecule has 2 heterocycles. The Bertz CT molecular complexity index is 998. The first kappa shape index (κ1) is 16.9. The number of aromatic nitrogens is 3. The van der Waals surface area contributed by atoms with E-state index in [0.29, 0.717) is 33.1 Å². The average Bonchev–Trinajstić information content (AvgIpc) is 3.31. The van der Waals surface area contributed by atoms with Gasteiger partial charge in [-0.2, -0.15) is 0 Å². The summed E-state index contributed by atoms with van der Waals surface area (Å²) in [5.74, 6) is 1.21. The fourth-order valence-corrected chi connectivity index (χ4v) is 3.84. The number of para-hydroxylation sites is 1. The van der Waals surface area contributed by atoms with Crippen LogP contribution in [-0.2, 0) is 5.75 Å². The second-order valence-corrected chi connectivity index (χ2v) is 6.79. The number of benzene rings is 2. The lowest BCUT2D eigenvalue weighted by molar-refractivity contribution is 0.575. The highest BCUT2D eigenvalue weighted by Crippen LogP contribution is 2.32. The van der Waals surface area contributed by atoms with Crippen LogP contribution in [-0.4, -0.2) is 14.8 Å². The lowest BCUT2D eigenvalue weighted by Gasteiger charge is -2.10. The molecule has 2 aromatic carbocycles. The lowest BCUT2D eigenvalue weighted by Crippen LogP contribution is -1.99. The Morgan fingerprint density at radius 2 is 1.85 bits per heavy atom. The monoisotopic (exact) mass is 385 g/mol. The van der Waals surface area contributed by atoms with Crippen molar-refractivity contribution in [1.82, 2.24) is 14.8 Å². The predicted octanol–water partition coefficient (Wildman–Crippen LogP) is 5.61. The molecule has 4 rings (SSSR count). The molecule has 0 aliphatic rings. The summed E-state index contributed by atoms with van der Waals surface area (Å²) < 4.78 is 21.4. The van der Waals surface area contributed by atoms with Crippen LogP contribution >= 0.6 is 23.4 Å². The molecule has 0 aliphatic carbocycles. The summed E-state index contributed by atoms with van der Waals surface area (Å²) in [6.45, 7) is 0. The minimum Gasteiger partial charge on any atom is -0.461 e. The van der Waals surface area contributed by atoms with Gasteiger partial charge >= 0.3 is 0 Å². The summed E-state index contributed by atoms with van der Waals surface area (Å²) in [6, 6.07) is 18.0. The molecule has 0 radical (unpaired) electrons. The molecule has 26 heavy (non-hydrogen) atoms. The van der Waals surface area contributed by atoms with Crippen molar-refractivity contribution in [2.45, 2.75) is 10.9 Å². The molecule has 0 fully saturated rings. The molecule has 0 atom stereocenters. The molecule has 7 heteroatoms. The van der Waals surface area contributed by atoms with Crippen LogP contribution in [0, 0.1) is 5.82 Å². The van der Waals surface area contributed by atoms with Crippen LogP contribution in [0.5, 0.6) is 0 Å². The number of rotatable bonds is 5. The molecule has 0 bridgehead atoms. The highest BCUT2D eigenvalue weighted by atomic mass is 35.5. The topological polar surface area (TPSA) is 43.9 Å². The van der Waals surface area contributed by atoms with Gasteiger partial charge in [0.1, 0.15) is 5.82 Å². The molecular formula is C19H13ClFN3OS. The normalized spacial score (nSPS) is 11.0. The van der Waals surface area contributed by atoms with Crippen LogP contribution in [0.1, 0.15) is 5.56 Å². The van der Waals surface area contributed by atoms with E-state index in [4.69, 9.17) is 16.0 Å². The number of thioether (sulfide) groups is 1. The van der Waals surface area contributed by atoms with Gasteiger partial charge in [0, 0.05) is 22.0 Å². The number of halogens is 2. The zero-order valence-corrected chi connectivity index (χ0v) is 15.0. The summed E-state index contributed by atoms with van der Waals surface area (Å²) in [5.41, 5.74) is 1.34. The predicted molar refractivity (Wildman–Crippen MR) is 100 cm³/mol. The smallest absolute Gasteiger partial charge is 0.205 e. The third kappa shape index (κ3) is 3.25. The van der Waals surface area contributed by atoms with Crippen molar-refractivity contribution >= 4 is 23.4 Å². The lowest BCUT2D eigenvalue weighted by atomic mass is 10.2. The Morgan fingerprint density at radius 1 is 1.00 bits per heavy atom. The first-order chi connectivity index (χ1) is 12.7.